The smallest absolute Gasteiger partial charge is 0.261 e. The van der Waals surface area contributed by atoms with E-state index in [2.05, 4.69) is 27.4 Å². The lowest BCUT2D eigenvalue weighted by Crippen LogP contribution is -2.43. The molecule has 0 saturated carbocycles. The molecule has 1 aliphatic heterocycles. The third-order valence-corrected chi connectivity index (χ3v) is 6.61. The number of rotatable bonds is 6. The molecular formula is C25H26ClN7O3. The van der Waals surface area contributed by atoms with Crippen molar-refractivity contribution >= 4 is 34.7 Å². The first-order chi connectivity index (χ1) is 17.4. The van der Waals surface area contributed by atoms with Crippen LogP contribution >= 0.6 is 11.6 Å². The maximum Gasteiger partial charge on any atom is 0.261 e. The molecule has 36 heavy (non-hydrogen) atoms. The van der Waals surface area contributed by atoms with Crippen molar-refractivity contribution in [3.05, 3.63) is 59.6 Å². The third-order valence-electron chi connectivity index (χ3n) is 6.37. The number of likely N-dealkylation sites (tertiary alicyclic amines) is 1. The average molecular weight is 508 g/mol. The quantitative estimate of drug-likeness (QED) is 0.424. The van der Waals surface area contributed by atoms with Gasteiger partial charge in [0.2, 0.25) is 5.91 Å². The summed E-state index contributed by atoms with van der Waals surface area (Å²) < 4.78 is 8.60. The van der Waals surface area contributed by atoms with Gasteiger partial charge in [0, 0.05) is 41.8 Å². The summed E-state index contributed by atoms with van der Waals surface area (Å²) in [5.41, 5.74) is 2.18. The number of carbonyl (C=O) groups is 2. The molecule has 3 aromatic heterocycles. The maximum atomic E-state index is 13.2. The van der Waals surface area contributed by atoms with Crippen molar-refractivity contribution in [2.45, 2.75) is 38.8 Å². The van der Waals surface area contributed by atoms with Crippen molar-refractivity contribution in [2.75, 3.05) is 19.0 Å². The fraction of sp³-hybridized carbons (Fsp3) is 0.320. The van der Waals surface area contributed by atoms with Gasteiger partial charge in [0.1, 0.15) is 23.6 Å². The van der Waals surface area contributed by atoms with E-state index in [0.717, 1.165) is 25.8 Å². The van der Waals surface area contributed by atoms with Crippen LogP contribution in [0.25, 0.3) is 16.9 Å². The van der Waals surface area contributed by atoms with Crippen LogP contribution in [0.1, 0.15) is 36.5 Å². The average Bonchev–Trinajstić information content (AvgIpc) is 3.48. The first kappa shape index (κ1) is 23.8. The van der Waals surface area contributed by atoms with Crippen LogP contribution in [0.15, 0.2) is 49.1 Å². The number of ether oxygens (including phenoxy) is 1. The zero-order valence-electron chi connectivity index (χ0n) is 20.0. The molecule has 1 atom stereocenters. The summed E-state index contributed by atoms with van der Waals surface area (Å²) in [5.74, 6) is 0.120. The van der Waals surface area contributed by atoms with E-state index in [1.54, 1.807) is 54.6 Å². The molecule has 186 valence electrons. The number of fused-ring (bicyclic) bond motifs is 1. The van der Waals surface area contributed by atoms with Crippen LogP contribution < -0.4 is 10.1 Å². The highest BCUT2D eigenvalue weighted by Crippen LogP contribution is 2.36. The van der Waals surface area contributed by atoms with Crippen LogP contribution in [0.2, 0.25) is 5.02 Å². The molecule has 11 heteroatoms. The lowest BCUT2D eigenvalue weighted by atomic mass is 10.0. The van der Waals surface area contributed by atoms with Gasteiger partial charge in [-0.3, -0.25) is 14.3 Å². The molecule has 5 rings (SSSR count). The number of anilines is 1. The molecule has 1 fully saturated rings. The normalized spacial score (nSPS) is 15.8. The number of aromatic nitrogens is 5. The van der Waals surface area contributed by atoms with Gasteiger partial charge in [0.25, 0.3) is 5.91 Å². The number of methoxy groups -OCH3 is 1. The predicted octanol–water partition coefficient (Wildman–Crippen LogP) is 3.91. The molecule has 1 unspecified atom stereocenters. The van der Waals surface area contributed by atoms with Crippen molar-refractivity contribution in [3.8, 4) is 17.0 Å². The summed E-state index contributed by atoms with van der Waals surface area (Å²) in [6.45, 7) is 2.86. The van der Waals surface area contributed by atoms with Crippen LogP contribution in [-0.4, -0.2) is 60.8 Å². The van der Waals surface area contributed by atoms with Crippen LogP contribution in [0.4, 0.5) is 5.69 Å². The SMILES string of the molecule is COc1ccc(Cl)cc1-c1nn(CC(=O)N2CCCCC2C)cc1NC(=O)c1cnn2cccnc12. The molecule has 10 nitrogen and oxygen atoms in total. The van der Waals surface area contributed by atoms with E-state index in [1.165, 1.54) is 10.7 Å². The summed E-state index contributed by atoms with van der Waals surface area (Å²) in [6.07, 6.45) is 9.54. The van der Waals surface area contributed by atoms with Gasteiger partial charge in [0.05, 0.1) is 19.0 Å². The van der Waals surface area contributed by atoms with E-state index >= 15 is 0 Å². The lowest BCUT2D eigenvalue weighted by Gasteiger charge is -2.33. The molecule has 1 aliphatic rings. The molecule has 4 heterocycles. The maximum absolute atomic E-state index is 13.2. The number of amides is 2. The van der Waals surface area contributed by atoms with E-state index in [4.69, 9.17) is 16.3 Å². The second-order valence-electron chi connectivity index (χ2n) is 8.77. The number of hydrogen-bond acceptors (Lipinski definition) is 6. The van der Waals surface area contributed by atoms with Gasteiger partial charge in [-0.1, -0.05) is 11.6 Å². The second kappa shape index (κ2) is 9.98. The molecule has 0 aliphatic carbocycles. The van der Waals surface area contributed by atoms with Crippen molar-refractivity contribution in [2.24, 2.45) is 0 Å². The van der Waals surface area contributed by atoms with Crippen molar-refractivity contribution in [1.29, 1.82) is 0 Å². The minimum Gasteiger partial charge on any atom is -0.496 e. The number of halogens is 1. The van der Waals surface area contributed by atoms with E-state index in [9.17, 15) is 9.59 Å². The molecule has 0 radical (unpaired) electrons. The van der Waals surface area contributed by atoms with Gasteiger partial charge < -0.3 is 15.0 Å². The van der Waals surface area contributed by atoms with Gasteiger partial charge in [-0.15, -0.1) is 0 Å². The third kappa shape index (κ3) is 4.64. The topological polar surface area (TPSA) is 107 Å². The first-order valence-corrected chi connectivity index (χ1v) is 12.1. The molecule has 0 bridgehead atoms. The highest BCUT2D eigenvalue weighted by molar-refractivity contribution is 6.31. The fourth-order valence-corrected chi connectivity index (χ4v) is 4.71. The molecule has 2 amide bonds. The molecule has 1 aromatic carbocycles. The van der Waals surface area contributed by atoms with Crippen LogP contribution in [0.3, 0.4) is 0 Å². The van der Waals surface area contributed by atoms with Gasteiger partial charge in [-0.2, -0.15) is 10.2 Å². The number of carbonyl (C=O) groups excluding carboxylic acids is 2. The summed E-state index contributed by atoms with van der Waals surface area (Å²) in [7, 11) is 1.55. The Morgan fingerprint density at radius 2 is 2.14 bits per heavy atom. The van der Waals surface area contributed by atoms with E-state index in [1.807, 2.05) is 4.90 Å². The molecule has 4 aromatic rings. The van der Waals surface area contributed by atoms with Gasteiger partial charge in [-0.25, -0.2) is 9.50 Å². The summed E-state index contributed by atoms with van der Waals surface area (Å²) in [5, 5.41) is 12.3. The van der Waals surface area contributed by atoms with Crippen LogP contribution in [-0.2, 0) is 11.3 Å². The van der Waals surface area contributed by atoms with Gasteiger partial charge >= 0.3 is 0 Å². The Kier molecular flexibility index (Phi) is 6.60. The number of nitrogens with one attached hydrogen (secondary N) is 1. The zero-order chi connectivity index (χ0) is 25.2. The fourth-order valence-electron chi connectivity index (χ4n) is 4.53. The molecule has 1 saturated heterocycles. The monoisotopic (exact) mass is 507 g/mol. The van der Waals surface area contributed by atoms with E-state index in [-0.39, 0.29) is 18.5 Å². The number of benzene rings is 1. The minimum absolute atomic E-state index is 0.0148. The standard InChI is InChI=1S/C25H26ClN7O3/c1-16-6-3-4-10-32(16)22(34)15-31-14-20(23(30-31)18-12-17(26)7-8-21(18)36-2)29-25(35)19-13-28-33-11-5-9-27-24(19)33/h5,7-9,11-14,16H,3-4,6,10,15H2,1-2H3,(H,29,35). The predicted molar refractivity (Wildman–Crippen MR) is 135 cm³/mol. The minimum atomic E-state index is -0.401. The Hall–Kier alpha value is -3.92. The Labute approximate surface area is 212 Å². The zero-order valence-corrected chi connectivity index (χ0v) is 20.8. The largest absolute Gasteiger partial charge is 0.496 e. The summed E-state index contributed by atoms with van der Waals surface area (Å²) in [6, 6.07) is 7.09. The molecular weight excluding hydrogens is 482 g/mol. The summed E-state index contributed by atoms with van der Waals surface area (Å²) >= 11 is 6.28. The van der Waals surface area contributed by atoms with Gasteiger partial charge in [0.15, 0.2) is 5.65 Å². The Bertz CT molecular complexity index is 1430. The Balaban J connectivity index is 1.50. The molecule has 0 spiro atoms. The highest BCUT2D eigenvalue weighted by atomic mass is 35.5. The summed E-state index contributed by atoms with van der Waals surface area (Å²) in [4.78, 5) is 32.5. The van der Waals surface area contributed by atoms with Crippen molar-refractivity contribution in [3.63, 3.8) is 0 Å². The van der Waals surface area contributed by atoms with E-state index < -0.39 is 5.91 Å². The van der Waals surface area contributed by atoms with Crippen molar-refractivity contribution in [1.82, 2.24) is 29.3 Å². The van der Waals surface area contributed by atoms with Crippen LogP contribution in [0, 0.1) is 0 Å². The number of piperidine rings is 1. The van der Waals surface area contributed by atoms with Gasteiger partial charge in [-0.05, 0) is 50.5 Å². The Morgan fingerprint density at radius 3 is 2.94 bits per heavy atom. The molecule has 1 N–H and O–H groups in total. The number of hydrogen-bond donors (Lipinski definition) is 1. The lowest BCUT2D eigenvalue weighted by molar-refractivity contribution is -0.135. The number of nitrogens with zero attached hydrogens (tertiary/aromatic N) is 6. The second-order valence-corrected chi connectivity index (χ2v) is 9.20. The van der Waals surface area contributed by atoms with Crippen LogP contribution in [0.5, 0.6) is 5.75 Å². The van der Waals surface area contributed by atoms with Crippen molar-refractivity contribution < 1.29 is 14.3 Å². The first-order valence-electron chi connectivity index (χ1n) is 11.7. The highest BCUT2D eigenvalue weighted by Gasteiger charge is 2.25. The Morgan fingerprint density at radius 1 is 1.28 bits per heavy atom. The van der Waals surface area contributed by atoms with E-state index in [0.29, 0.717) is 38.9 Å².